The van der Waals surface area contributed by atoms with Crippen molar-refractivity contribution in [2.45, 2.75) is 6.04 Å². The SMILES string of the molecule is COC(=O)c1cc(NC(=O)C(c2ccccc2)n2cccn2)cc(C(=O)OC)c1. The first kappa shape index (κ1) is 19.8. The summed E-state index contributed by atoms with van der Waals surface area (Å²) >= 11 is 0. The minimum absolute atomic E-state index is 0.112. The number of nitrogens with zero attached hydrogens (tertiary/aromatic N) is 2. The van der Waals surface area contributed by atoms with Crippen LogP contribution in [0.5, 0.6) is 0 Å². The summed E-state index contributed by atoms with van der Waals surface area (Å²) in [7, 11) is 2.46. The lowest BCUT2D eigenvalue weighted by Crippen LogP contribution is -2.27. The minimum atomic E-state index is -0.741. The van der Waals surface area contributed by atoms with Gasteiger partial charge >= 0.3 is 11.9 Å². The van der Waals surface area contributed by atoms with Gasteiger partial charge in [-0.2, -0.15) is 5.10 Å². The molecule has 0 aliphatic heterocycles. The van der Waals surface area contributed by atoms with Crippen molar-refractivity contribution >= 4 is 23.5 Å². The van der Waals surface area contributed by atoms with E-state index in [-0.39, 0.29) is 16.8 Å². The van der Waals surface area contributed by atoms with E-state index in [9.17, 15) is 14.4 Å². The predicted molar refractivity (Wildman–Crippen MR) is 105 cm³/mol. The van der Waals surface area contributed by atoms with Gasteiger partial charge in [0.1, 0.15) is 0 Å². The van der Waals surface area contributed by atoms with E-state index in [2.05, 4.69) is 10.4 Å². The fraction of sp³-hybridized carbons (Fsp3) is 0.143. The van der Waals surface area contributed by atoms with Crippen LogP contribution >= 0.6 is 0 Å². The number of rotatable bonds is 6. The molecule has 0 aliphatic carbocycles. The van der Waals surface area contributed by atoms with Gasteiger partial charge < -0.3 is 14.8 Å². The number of amides is 1. The summed E-state index contributed by atoms with van der Waals surface area (Å²) < 4.78 is 11.0. The first-order valence-electron chi connectivity index (χ1n) is 8.70. The van der Waals surface area contributed by atoms with Gasteiger partial charge in [-0.3, -0.25) is 9.48 Å². The molecule has 0 radical (unpaired) electrons. The highest BCUT2D eigenvalue weighted by atomic mass is 16.5. The fourth-order valence-corrected chi connectivity index (χ4v) is 2.87. The van der Waals surface area contributed by atoms with E-state index in [0.717, 1.165) is 5.56 Å². The largest absolute Gasteiger partial charge is 0.465 e. The predicted octanol–water partition coefficient (Wildman–Crippen LogP) is 2.68. The Morgan fingerprint density at radius 1 is 0.931 bits per heavy atom. The van der Waals surface area contributed by atoms with Crippen molar-refractivity contribution in [3.8, 4) is 0 Å². The number of benzene rings is 2. The van der Waals surface area contributed by atoms with Gasteiger partial charge in [-0.25, -0.2) is 9.59 Å². The molecule has 148 valence electrons. The zero-order valence-electron chi connectivity index (χ0n) is 15.9. The van der Waals surface area contributed by atoms with Gasteiger partial charge in [-0.05, 0) is 29.8 Å². The smallest absolute Gasteiger partial charge is 0.337 e. The van der Waals surface area contributed by atoms with E-state index in [1.807, 2.05) is 30.3 Å². The maximum Gasteiger partial charge on any atom is 0.337 e. The highest BCUT2D eigenvalue weighted by Crippen LogP contribution is 2.22. The zero-order chi connectivity index (χ0) is 20.8. The Labute approximate surface area is 167 Å². The Hall–Kier alpha value is -3.94. The maximum atomic E-state index is 13.1. The van der Waals surface area contributed by atoms with Crippen molar-refractivity contribution < 1.29 is 23.9 Å². The summed E-state index contributed by atoms with van der Waals surface area (Å²) in [4.78, 5) is 37.0. The Morgan fingerprint density at radius 3 is 2.07 bits per heavy atom. The molecule has 0 saturated heterocycles. The van der Waals surface area contributed by atoms with Gasteiger partial charge in [-0.15, -0.1) is 0 Å². The van der Waals surface area contributed by atoms with Crippen LogP contribution < -0.4 is 5.32 Å². The maximum absolute atomic E-state index is 13.1. The molecule has 0 saturated carbocycles. The summed E-state index contributed by atoms with van der Waals surface area (Å²) in [6.07, 6.45) is 3.26. The zero-order valence-corrected chi connectivity index (χ0v) is 15.9. The number of carbonyl (C=O) groups is 3. The number of nitrogens with one attached hydrogen (secondary N) is 1. The molecule has 1 N–H and O–H groups in total. The molecule has 0 spiro atoms. The average molecular weight is 393 g/mol. The molecule has 0 fully saturated rings. The number of hydrogen-bond acceptors (Lipinski definition) is 6. The van der Waals surface area contributed by atoms with E-state index >= 15 is 0 Å². The van der Waals surface area contributed by atoms with Gasteiger partial charge in [-0.1, -0.05) is 30.3 Å². The van der Waals surface area contributed by atoms with Crippen molar-refractivity contribution in [1.29, 1.82) is 0 Å². The summed E-state index contributed by atoms with van der Waals surface area (Å²) in [5.74, 6) is -1.67. The first-order chi connectivity index (χ1) is 14.0. The fourth-order valence-electron chi connectivity index (χ4n) is 2.87. The second-order valence-electron chi connectivity index (χ2n) is 6.07. The van der Waals surface area contributed by atoms with Crippen LogP contribution in [-0.4, -0.2) is 41.8 Å². The lowest BCUT2D eigenvalue weighted by Gasteiger charge is -2.18. The van der Waals surface area contributed by atoms with E-state index in [4.69, 9.17) is 9.47 Å². The van der Waals surface area contributed by atoms with Crippen LogP contribution in [0.15, 0.2) is 67.0 Å². The van der Waals surface area contributed by atoms with Crippen LogP contribution in [0, 0.1) is 0 Å². The molecule has 1 atom stereocenters. The van der Waals surface area contributed by atoms with E-state index in [1.54, 1.807) is 18.5 Å². The Bertz CT molecular complexity index is 982. The molecule has 3 aromatic rings. The third-order valence-corrected chi connectivity index (χ3v) is 4.20. The van der Waals surface area contributed by atoms with Gasteiger partial charge in [0, 0.05) is 18.1 Å². The minimum Gasteiger partial charge on any atom is -0.465 e. The molecule has 3 rings (SSSR count). The Kier molecular flexibility index (Phi) is 6.03. The number of aromatic nitrogens is 2. The average Bonchev–Trinajstić information content (AvgIpc) is 3.27. The summed E-state index contributed by atoms with van der Waals surface area (Å²) in [6, 6.07) is 14.3. The van der Waals surface area contributed by atoms with Gasteiger partial charge in [0.05, 0.1) is 25.3 Å². The molecule has 1 unspecified atom stereocenters. The molecule has 0 aliphatic rings. The van der Waals surface area contributed by atoms with Gasteiger partial charge in [0.25, 0.3) is 5.91 Å². The second-order valence-corrected chi connectivity index (χ2v) is 6.07. The quantitative estimate of drug-likeness (QED) is 0.647. The van der Waals surface area contributed by atoms with E-state index in [1.165, 1.54) is 37.1 Å². The second kappa shape index (κ2) is 8.83. The molecule has 0 bridgehead atoms. The van der Waals surface area contributed by atoms with Crippen molar-refractivity contribution in [1.82, 2.24) is 9.78 Å². The normalized spacial score (nSPS) is 11.4. The highest BCUT2D eigenvalue weighted by Gasteiger charge is 2.24. The van der Waals surface area contributed by atoms with Gasteiger partial charge in [0.2, 0.25) is 0 Å². The monoisotopic (exact) mass is 393 g/mol. The first-order valence-corrected chi connectivity index (χ1v) is 8.70. The number of methoxy groups -OCH3 is 2. The molecule has 1 aromatic heterocycles. The van der Waals surface area contributed by atoms with Crippen molar-refractivity contribution in [3.05, 3.63) is 83.7 Å². The number of esters is 2. The highest BCUT2D eigenvalue weighted by molar-refractivity contribution is 6.01. The summed E-state index contributed by atoms with van der Waals surface area (Å²) in [6.45, 7) is 0. The van der Waals surface area contributed by atoms with Crippen LogP contribution in [0.4, 0.5) is 5.69 Å². The Balaban J connectivity index is 1.97. The standard InChI is InChI=1S/C21H19N3O5/c1-28-20(26)15-11-16(21(27)29-2)13-17(12-15)23-19(25)18(24-10-6-9-22-24)14-7-4-3-5-8-14/h3-13,18H,1-2H3,(H,23,25). The lowest BCUT2D eigenvalue weighted by molar-refractivity contribution is -0.118. The summed E-state index contributed by atoms with van der Waals surface area (Å²) in [5, 5.41) is 6.93. The number of hydrogen-bond donors (Lipinski definition) is 1. The van der Waals surface area contributed by atoms with Crippen molar-refractivity contribution in [2.24, 2.45) is 0 Å². The molecular formula is C21H19N3O5. The van der Waals surface area contributed by atoms with Crippen molar-refractivity contribution in [3.63, 3.8) is 0 Å². The lowest BCUT2D eigenvalue weighted by atomic mass is 10.1. The third kappa shape index (κ3) is 4.49. The van der Waals surface area contributed by atoms with Crippen LogP contribution in [0.1, 0.15) is 32.3 Å². The molecule has 1 heterocycles. The number of carbonyl (C=O) groups excluding carboxylic acids is 3. The van der Waals surface area contributed by atoms with Gasteiger partial charge in [0.15, 0.2) is 6.04 Å². The topological polar surface area (TPSA) is 99.5 Å². The number of ether oxygens (including phenoxy) is 2. The van der Waals surface area contributed by atoms with Crippen LogP contribution in [0.3, 0.4) is 0 Å². The number of anilines is 1. The van der Waals surface area contributed by atoms with Crippen LogP contribution in [0.25, 0.3) is 0 Å². The third-order valence-electron chi connectivity index (χ3n) is 4.20. The Morgan fingerprint density at radius 2 is 1.55 bits per heavy atom. The van der Waals surface area contributed by atoms with E-state index in [0.29, 0.717) is 0 Å². The molecule has 8 nitrogen and oxygen atoms in total. The molecular weight excluding hydrogens is 374 g/mol. The van der Waals surface area contributed by atoms with Crippen molar-refractivity contribution in [2.75, 3.05) is 19.5 Å². The molecule has 1 amide bonds. The van der Waals surface area contributed by atoms with Crippen LogP contribution in [0.2, 0.25) is 0 Å². The van der Waals surface area contributed by atoms with E-state index < -0.39 is 23.9 Å². The molecule has 8 heteroatoms. The molecule has 29 heavy (non-hydrogen) atoms. The summed E-state index contributed by atoms with van der Waals surface area (Å²) in [5.41, 5.74) is 1.21. The van der Waals surface area contributed by atoms with Crippen LogP contribution in [-0.2, 0) is 14.3 Å². The molecule has 2 aromatic carbocycles.